The highest BCUT2D eigenvalue weighted by molar-refractivity contribution is 6.03. The minimum Gasteiger partial charge on any atom is -0.467 e. The normalized spacial score (nSPS) is 23.5. The van der Waals surface area contributed by atoms with Crippen molar-refractivity contribution in [1.82, 2.24) is 5.01 Å². The van der Waals surface area contributed by atoms with Crippen LogP contribution < -0.4 is 4.90 Å². The van der Waals surface area contributed by atoms with Gasteiger partial charge in [-0.15, -0.1) is 0 Å². The molecule has 2 aliphatic heterocycles. The number of carbonyl (C=O) groups is 2. The first kappa shape index (κ1) is 21.3. The fraction of sp³-hybridized carbons (Fsp3) is 0.458. The van der Waals surface area contributed by atoms with Crippen LogP contribution in [0.1, 0.15) is 49.1 Å². The number of ether oxygens (including phenoxy) is 1. The van der Waals surface area contributed by atoms with Gasteiger partial charge in [-0.1, -0.05) is 29.8 Å². The molecule has 0 radical (unpaired) electrons. The highest BCUT2D eigenvalue weighted by Gasteiger charge is 2.37. The van der Waals surface area contributed by atoms with E-state index in [1.165, 1.54) is 10.5 Å². The molecule has 1 aromatic carbocycles. The number of likely N-dealkylation sites (tertiary alicyclic amines) is 1. The van der Waals surface area contributed by atoms with Crippen LogP contribution in [0, 0.1) is 12.8 Å². The van der Waals surface area contributed by atoms with E-state index < -0.39 is 0 Å². The molecule has 0 aliphatic carbocycles. The van der Waals surface area contributed by atoms with Gasteiger partial charge in [0.15, 0.2) is 6.54 Å². The maximum Gasteiger partial charge on any atom is 0.309 e. The molecule has 2 aliphatic rings. The Bertz CT molecular complexity index is 928. The van der Waals surface area contributed by atoms with Crippen molar-refractivity contribution in [1.29, 1.82) is 0 Å². The number of hydrogen-bond donors (Lipinski definition) is 1. The lowest BCUT2D eigenvalue weighted by atomic mass is 9.97. The van der Waals surface area contributed by atoms with E-state index in [9.17, 15) is 9.59 Å². The van der Waals surface area contributed by atoms with Crippen molar-refractivity contribution < 1.29 is 23.6 Å². The number of benzene rings is 1. The van der Waals surface area contributed by atoms with Gasteiger partial charge in [0.25, 0.3) is 5.91 Å². The molecule has 0 spiro atoms. The Hall–Kier alpha value is -2.93. The highest BCUT2D eigenvalue weighted by atomic mass is 16.5. The minimum atomic E-state index is -0.227. The number of nitrogens with zero attached hydrogens (tertiary/aromatic N) is 2. The summed E-state index contributed by atoms with van der Waals surface area (Å²) in [7, 11) is 0. The molecule has 0 unspecified atom stereocenters. The van der Waals surface area contributed by atoms with Crippen LogP contribution in [-0.4, -0.2) is 48.8 Å². The van der Waals surface area contributed by atoms with Gasteiger partial charge in [-0.05, 0) is 31.5 Å². The van der Waals surface area contributed by atoms with Crippen molar-refractivity contribution in [2.75, 3.05) is 26.2 Å². The lowest BCUT2D eigenvalue weighted by Gasteiger charge is -2.29. The lowest BCUT2D eigenvalue weighted by Crippen LogP contribution is -3.14. The summed E-state index contributed by atoms with van der Waals surface area (Å²) < 4.78 is 10.8. The van der Waals surface area contributed by atoms with Crippen LogP contribution in [0.2, 0.25) is 0 Å². The molecule has 4 rings (SSSR count). The topological polar surface area (TPSA) is 76.6 Å². The molecule has 1 saturated heterocycles. The van der Waals surface area contributed by atoms with E-state index >= 15 is 0 Å². The Kier molecular flexibility index (Phi) is 6.51. The second-order valence-electron chi connectivity index (χ2n) is 8.34. The third-order valence-electron chi connectivity index (χ3n) is 6.14. The number of esters is 1. The van der Waals surface area contributed by atoms with Crippen LogP contribution in [0.3, 0.4) is 0 Å². The number of hydrazone groups is 1. The van der Waals surface area contributed by atoms with Gasteiger partial charge in [-0.3, -0.25) is 9.59 Å². The number of amides is 1. The van der Waals surface area contributed by atoms with E-state index in [0.29, 0.717) is 19.6 Å². The van der Waals surface area contributed by atoms with Gasteiger partial charge in [0, 0.05) is 19.3 Å². The standard InChI is InChI=1S/C24H29N3O4/c1-3-30-24(29)19-10-12-26(13-11-19)16-23(28)27-21(22-5-4-14-31-22)15-20(25-27)18-8-6-17(2)7-9-18/h4-9,14,19,21H,3,10-13,15-16H2,1-2H3/p+1/t21-/m1/s1. The first-order valence-electron chi connectivity index (χ1n) is 11.0. The third-order valence-corrected chi connectivity index (χ3v) is 6.14. The number of carbonyl (C=O) groups excluding carboxylic acids is 2. The second-order valence-corrected chi connectivity index (χ2v) is 8.34. The Balaban J connectivity index is 1.44. The number of quaternary nitrogens is 1. The number of piperidine rings is 1. The number of hydrogen-bond acceptors (Lipinski definition) is 5. The zero-order chi connectivity index (χ0) is 21.8. The molecule has 1 atom stereocenters. The van der Waals surface area contributed by atoms with Crippen molar-refractivity contribution in [2.45, 2.75) is 39.2 Å². The summed E-state index contributed by atoms with van der Waals surface area (Å²) in [6, 6.07) is 11.7. The van der Waals surface area contributed by atoms with Gasteiger partial charge < -0.3 is 14.1 Å². The molecule has 1 N–H and O–H groups in total. The van der Waals surface area contributed by atoms with Crippen molar-refractivity contribution in [2.24, 2.45) is 11.0 Å². The van der Waals surface area contributed by atoms with E-state index in [1.807, 2.05) is 31.2 Å². The Labute approximate surface area is 182 Å². The predicted molar refractivity (Wildman–Crippen MR) is 116 cm³/mol. The number of aryl methyl sites for hydroxylation is 1. The van der Waals surface area contributed by atoms with Crippen LogP contribution in [0.4, 0.5) is 0 Å². The molecule has 1 amide bonds. The Morgan fingerprint density at radius 3 is 2.58 bits per heavy atom. The summed E-state index contributed by atoms with van der Waals surface area (Å²) in [5.41, 5.74) is 3.11. The van der Waals surface area contributed by atoms with Crippen LogP contribution in [0.5, 0.6) is 0 Å². The van der Waals surface area contributed by atoms with Crippen molar-refractivity contribution in [3.05, 3.63) is 59.5 Å². The van der Waals surface area contributed by atoms with E-state index in [1.54, 1.807) is 11.3 Å². The van der Waals surface area contributed by atoms with Gasteiger partial charge in [0.1, 0.15) is 11.8 Å². The molecule has 1 fully saturated rings. The quantitative estimate of drug-likeness (QED) is 0.721. The fourth-order valence-electron chi connectivity index (χ4n) is 4.36. The maximum absolute atomic E-state index is 13.2. The molecule has 2 aromatic rings. The summed E-state index contributed by atoms with van der Waals surface area (Å²) >= 11 is 0. The zero-order valence-corrected chi connectivity index (χ0v) is 18.2. The minimum absolute atomic E-state index is 0.0203. The summed E-state index contributed by atoms with van der Waals surface area (Å²) in [6.07, 6.45) is 3.76. The van der Waals surface area contributed by atoms with Crippen LogP contribution >= 0.6 is 0 Å². The highest BCUT2D eigenvalue weighted by Crippen LogP contribution is 2.33. The molecule has 3 heterocycles. The molecule has 31 heavy (non-hydrogen) atoms. The molecule has 0 saturated carbocycles. The average molecular weight is 425 g/mol. The molecular weight excluding hydrogens is 394 g/mol. The number of furan rings is 1. The summed E-state index contributed by atoms with van der Waals surface area (Å²) in [5, 5.41) is 6.31. The summed E-state index contributed by atoms with van der Waals surface area (Å²) in [6.45, 7) is 6.21. The van der Waals surface area contributed by atoms with Crippen molar-refractivity contribution in [3.8, 4) is 0 Å². The van der Waals surface area contributed by atoms with Gasteiger partial charge >= 0.3 is 5.97 Å². The van der Waals surface area contributed by atoms with E-state index in [4.69, 9.17) is 14.3 Å². The van der Waals surface area contributed by atoms with E-state index in [-0.39, 0.29) is 23.8 Å². The monoisotopic (exact) mass is 424 g/mol. The molecule has 7 heteroatoms. The van der Waals surface area contributed by atoms with Crippen molar-refractivity contribution in [3.63, 3.8) is 0 Å². The molecule has 0 bridgehead atoms. The maximum atomic E-state index is 13.2. The molecular formula is C24H30N3O4+. The SMILES string of the molecule is CCOC(=O)C1CC[NH+](CC(=O)N2N=C(c3ccc(C)cc3)C[C@@H]2c2ccco2)CC1. The van der Waals surface area contributed by atoms with Crippen LogP contribution in [-0.2, 0) is 14.3 Å². The smallest absolute Gasteiger partial charge is 0.309 e. The predicted octanol–water partition coefficient (Wildman–Crippen LogP) is 2.12. The average Bonchev–Trinajstić information content (AvgIpc) is 3.45. The Morgan fingerprint density at radius 1 is 1.19 bits per heavy atom. The van der Waals surface area contributed by atoms with E-state index in [2.05, 4.69) is 19.1 Å². The lowest BCUT2D eigenvalue weighted by molar-refractivity contribution is -0.898. The zero-order valence-electron chi connectivity index (χ0n) is 18.2. The van der Waals surface area contributed by atoms with Gasteiger partial charge in [0.05, 0.1) is 37.6 Å². The second kappa shape index (κ2) is 9.47. The van der Waals surface area contributed by atoms with Crippen LogP contribution in [0.25, 0.3) is 0 Å². The molecule has 1 aromatic heterocycles. The fourth-order valence-corrected chi connectivity index (χ4v) is 4.36. The number of nitrogens with one attached hydrogen (secondary N) is 1. The first-order valence-corrected chi connectivity index (χ1v) is 11.0. The van der Waals surface area contributed by atoms with Crippen molar-refractivity contribution >= 4 is 17.6 Å². The van der Waals surface area contributed by atoms with Gasteiger partial charge in [-0.2, -0.15) is 5.10 Å². The van der Waals surface area contributed by atoms with Gasteiger partial charge in [-0.25, -0.2) is 5.01 Å². The molecule has 7 nitrogen and oxygen atoms in total. The largest absolute Gasteiger partial charge is 0.467 e. The third kappa shape index (κ3) is 4.88. The summed E-state index contributed by atoms with van der Waals surface area (Å²) in [4.78, 5) is 26.4. The van der Waals surface area contributed by atoms with Crippen LogP contribution in [0.15, 0.2) is 52.2 Å². The van der Waals surface area contributed by atoms with E-state index in [0.717, 1.165) is 43.0 Å². The number of rotatable bonds is 6. The van der Waals surface area contributed by atoms with Gasteiger partial charge in [0.2, 0.25) is 0 Å². The Morgan fingerprint density at radius 2 is 1.94 bits per heavy atom. The molecule has 164 valence electrons. The summed E-state index contributed by atoms with van der Waals surface area (Å²) in [5.74, 6) is 0.564. The first-order chi connectivity index (χ1) is 15.0.